The molecule has 0 saturated carbocycles. The molecule has 0 amide bonds. The van der Waals surface area contributed by atoms with E-state index in [9.17, 15) is 0 Å². The summed E-state index contributed by atoms with van der Waals surface area (Å²) in [5.41, 5.74) is 0. The van der Waals surface area contributed by atoms with Crippen LogP contribution in [0.2, 0.25) is 0 Å². The van der Waals surface area contributed by atoms with Crippen molar-refractivity contribution >= 4 is 23.7 Å². The maximum atomic E-state index is 5.54. The van der Waals surface area contributed by atoms with Crippen molar-refractivity contribution in [2.75, 3.05) is 35.7 Å². The molecule has 0 saturated heterocycles. The molecule has 0 aliphatic carbocycles. The fourth-order valence-corrected chi connectivity index (χ4v) is 2.00. The maximum absolute atomic E-state index is 5.54. The Hall–Kier alpha value is -1.24. The zero-order valence-electron chi connectivity index (χ0n) is 12.8. The maximum Gasteiger partial charge on any atom is 0.323 e. The van der Waals surface area contributed by atoms with Crippen LogP contribution < -0.4 is 15.4 Å². The Kier molecular flexibility index (Phi) is 8.10. The minimum atomic E-state index is 0.0429. The van der Waals surface area contributed by atoms with Gasteiger partial charge in [0, 0.05) is 13.1 Å². The molecule has 114 valence electrons. The van der Waals surface area contributed by atoms with Gasteiger partial charge in [-0.25, -0.2) is 0 Å². The normalized spacial score (nSPS) is 10.7. The molecule has 1 aromatic heterocycles. The van der Waals surface area contributed by atoms with E-state index in [0.29, 0.717) is 17.9 Å². The highest BCUT2D eigenvalue weighted by molar-refractivity contribution is 7.98. The highest BCUT2D eigenvalue weighted by atomic mass is 32.2. The lowest BCUT2D eigenvalue weighted by molar-refractivity contribution is 0.222. The minimum Gasteiger partial charge on any atom is -0.461 e. The summed E-state index contributed by atoms with van der Waals surface area (Å²) < 4.78 is 5.54. The van der Waals surface area contributed by atoms with Crippen LogP contribution in [0.4, 0.5) is 11.9 Å². The molecule has 0 fully saturated rings. The first-order chi connectivity index (χ1) is 9.65. The van der Waals surface area contributed by atoms with Gasteiger partial charge in [0.15, 0.2) is 0 Å². The van der Waals surface area contributed by atoms with E-state index >= 15 is 0 Å². The molecular formula is C13H25N5OS. The lowest BCUT2D eigenvalue weighted by Crippen LogP contribution is -2.14. The smallest absolute Gasteiger partial charge is 0.323 e. The van der Waals surface area contributed by atoms with Gasteiger partial charge in [-0.2, -0.15) is 26.7 Å². The number of nitrogens with one attached hydrogen (secondary N) is 2. The second kappa shape index (κ2) is 9.63. The topological polar surface area (TPSA) is 72.0 Å². The third-order valence-corrected chi connectivity index (χ3v) is 3.05. The summed E-state index contributed by atoms with van der Waals surface area (Å²) in [6.07, 6.45) is 4.46. The van der Waals surface area contributed by atoms with E-state index in [4.69, 9.17) is 4.74 Å². The first-order valence-corrected chi connectivity index (χ1v) is 8.44. The van der Waals surface area contributed by atoms with Crippen molar-refractivity contribution in [1.82, 2.24) is 15.0 Å². The Morgan fingerprint density at radius 1 is 1.10 bits per heavy atom. The van der Waals surface area contributed by atoms with Gasteiger partial charge in [0.1, 0.15) is 0 Å². The van der Waals surface area contributed by atoms with Crippen LogP contribution in [0.15, 0.2) is 0 Å². The number of thioether (sulfide) groups is 1. The number of anilines is 2. The molecule has 0 bridgehead atoms. The highest BCUT2D eigenvalue weighted by Gasteiger charge is 2.08. The van der Waals surface area contributed by atoms with E-state index in [-0.39, 0.29) is 6.10 Å². The predicted molar refractivity (Wildman–Crippen MR) is 85.9 cm³/mol. The van der Waals surface area contributed by atoms with Crippen molar-refractivity contribution in [3.63, 3.8) is 0 Å². The molecule has 0 aliphatic heterocycles. The molecule has 0 unspecified atom stereocenters. The number of nitrogens with zero attached hydrogens (tertiary/aromatic N) is 3. The van der Waals surface area contributed by atoms with E-state index in [1.807, 2.05) is 32.5 Å². The van der Waals surface area contributed by atoms with E-state index in [2.05, 4.69) is 31.8 Å². The number of unbranched alkanes of at least 4 members (excludes halogenated alkanes) is 1. The molecule has 2 N–H and O–H groups in total. The van der Waals surface area contributed by atoms with Gasteiger partial charge >= 0.3 is 6.01 Å². The summed E-state index contributed by atoms with van der Waals surface area (Å²) in [6.45, 7) is 7.52. The van der Waals surface area contributed by atoms with E-state index in [0.717, 1.165) is 19.5 Å². The van der Waals surface area contributed by atoms with Crippen molar-refractivity contribution < 1.29 is 4.74 Å². The van der Waals surface area contributed by atoms with Crippen molar-refractivity contribution in [1.29, 1.82) is 0 Å². The molecule has 0 aliphatic rings. The van der Waals surface area contributed by atoms with Gasteiger partial charge in [-0.3, -0.25) is 0 Å². The molecule has 1 heterocycles. The SMILES string of the molecule is CCNc1nc(NCCCCSC)nc(OC(C)C)n1. The van der Waals surface area contributed by atoms with Gasteiger partial charge in [-0.15, -0.1) is 0 Å². The third-order valence-electron chi connectivity index (χ3n) is 2.35. The molecule has 20 heavy (non-hydrogen) atoms. The number of aromatic nitrogens is 3. The zero-order valence-corrected chi connectivity index (χ0v) is 13.6. The van der Waals surface area contributed by atoms with Crippen molar-refractivity contribution in [2.24, 2.45) is 0 Å². The average Bonchev–Trinajstić information content (AvgIpc) is 2.38. The molecule has 6 nitrogen and oxygen atoms in total. The van der Waals surface area contributed by atoms with Gasteiger partial charge < -0.3 is 15.4 Å². The Balaban J connectivity index is 2.60. The Morgan fingerprint density at radius 2 is 1.80 bits per heavy atom. The van der Waals surface area contributed by atoms with Crippen LogP contribution >= 0.6 is 11.8 Å². The van der Waals surface area contributed by atoms with Gasteiger partial charge in [0.05, 0.1) is 6.10 Å². The van der Waals surface area contributed by atoms with Gasteiger partial charge in [-0.1, -0.05) is 0 Å². The number of hydrogen-bond donors (Lipinski definition) is 2. The quantitative estimate of drug-likeness (QED) is 0.643. The van der Waals surface area contributed by atoms with Crippen LogP contribution in [0.25, 0.3) is 0 Å². The molecule has 1 rings (SSSR count). The lowest BCUT2D eigenvalue weighted by Gasteiger charge is -2.11. The van der Waals surface area contributed by atoms with Crippen molar-refractivity contribution in [3.8, 4) is 6.01 Å². The van der Waals surface area contributed by atoms with Gasteiger partial charge in [-0.05, 0) is 45.6 Å². The fraction of sp³-hybridized carbons (Fsp3) is 0.769. The molecule has 0 atom stereocenters. The van der Waals surface area contributed by atoms with Crippen LogP contribution in [0, 0.1) is 0 Å². The summed E-state index contributed by atoms with van der Waals surface area (Å²) >= 11 is 1.87. The Bertz CT molecular complexity index is 389. The highest BCUT2D eigenvalue weighted by Crippen LogP contribution is 2.12. The minimum absolute atomic E-state index is 0.0429. The predicted octanol–water partition coefficient (Wildman–Crippen LogP) is 2.65. The standard InChI is InChI=1S/C13H25N5OS/c1-5-14-11-16-12(15-8-6-7-9-20-4)18-13(17-11)19-10(2)3/h10H,5-9H2,1-4H3,(H2,14,15,16,17,18). The fourth-order valence-electron chi connectivity index (χ4n) is 1.51. The van der Waals surface area contributed by atoms with Crippen LogP contribution in [0.5, 0.6) is 6.01 Å². The van der Waals surface area contributed by atoms with Crippen LogP contribution in [0.3, 0.4) is 0 Å². The summed E-state index contributed by atoms with van der Waals surface area (Å²) in [5, 5.41) is 6.31. The zero-order chi connectivity index (χ0) is 14.8. The first kappa shape index (κ1) is 16.8. The molecule has 0 aromatic carbocycles. The average molecular weight is 299 g/mol. The number of ether oxygens (including phenoxy) is 1. The summed E-state index contributed by atoms with van der Waals surface area (Å²) in [7, 11) is 0. The molecule has 0 radical (unpaired) electrons. The Morgan fingerprint density at radius 3 is 2.40 bits per heavy atom. The van der Waals surface area contributed by atoms with Crippen molar-refractivity contribution in [2.45, 2.75) is 39.7 Å². The third kappa shape index (κ3) is 6.79. The summed E-state index contributed by atoms with van der Waals surface area (Å²) in [6, 6.07) is 0.359. The second-order valence-electron chi connectivity index (χ2n) is 4.59. The van der Waals surface area contributed by atoms with Crippen LogP contribution in [-0.2, 0) is 0 Å². The van der Waals surface area contributed by atoms with Crippen LogP contribution in [-0.4, -0.2) is 46.2 Å². The Labute approximate surface area is 125 Å². The van der Waals surface area contributed by atoms with E-state index in [1.54, 1.807) is 0 Å². The number of hydrogen-bond acceptors (Lipinski definition) is 7. The molecular weight excluding hydrogens is 274 g/mol. The molecule has 7 heteroatoms. The summed E-state index contributed by atoms with van der Waals surface area (Å²) in [4.78, 5) is 12.8. The van der Waals surface area contributed by atoms with Crippen LogP contribution in [0.1, 0.15) is 33.6 Å². The van der Waals surface area contributed by atoms with E-state index < -0.39 is 0 Å². The monoisotopic (exact) mass is 299 g/mol. The first-order valence-electron chi connectivity index (χ1n) is 7.05. The van der Waals surface area contributed by atoms with Gasteiger partial charge in [0.2, 0.25) is 11.9 Å². The summed E-state index contributed by atoms with van der Waals surface area (Å²) in [5.74, 6) is 2.30. The van der Waals surface area contributed by atoms with Gasteiger partial charge in [0.25, 0.3) is 0 Å². The lowest BCUT2D eigenvalue weighted by atomic mass is 10.3. The van der Waals surface area contributed by atoms with Crippen molar-refractivity contribution in [3.05, 3.63) is 0 Å². The molecule has 1 aromatic rings. The number of rotatable bonds is 10. The molecule has 0 spiro atoms. The largest absolute Gasteiger partial charge is 0.461 e. The van der Waals surface area contributed by atoms with E-state index in [1.165, 1.54) is 12.2 Å². The second-order valence-corrected chi connectivity index (χ2v) is 5.57.